The number of rotatable bonds is 6. The molecule has 4 rings (SSSR count). The molecule has 0 amide bonds. The third-order valence-electron chi connectivity index (χ3n) is 4.91. The van der Waals surface area contributed by atoms with Crippen molar-refractivity contribution in [3.05, 3.63) is 93.8 Å². The molecule has 0 fully saturated rings. The lowest BCUT2D eigenvalue weighted by Gasteiger charge is -2.14. The predicted octanol–water partition coefficient (Wildman–Crippen LogP) is 3.04. The number of fused-ring (bicyclic) bond motifs is 1. The molecule has 0 unspecified atom stereocenters. The number of aliphatic hydroxyl groups excluding tert-OH is 1. The molecule has 2 aromatic heterocycles. The number of aromatic nitrogens is 3. The lowest BCUT2D eigenvalue weighted by atomic mass is 10.1. The topological polar surface area (TPSA) is 86.3 Å². The van der Waals surface area contributed by atoms with Gasteiger partial charge < -0.3 is 14.4 Å². The monoisotopic (exact) mass is 421 g/mol. The predicted molar refractivity (Wildman–Crippen MR) is 113 cm³/mol. The van der Waals surface area contributed by atoms with Crippen LogP contribution in [0.15, 0.2) is 65.7 Å². The fraction of sp³-hybridized carbons (Fsp3) is 0.174. The van der Waals surface area contributed by atoms with E-state index >= 15 is 0 Å². The summed E-state index contributed by atoms with van der Waals surface area (Å²) in [6.45, 7) is 1.93. The standard InChI is InChI=1S/C23H20FN3O4/c1-2-31-23(30)18-13-26(20-5-3-4-19(24)21(20)22(18)29)12-15-6-8-17(9-7-15)27-11-10-16(14-28)25-27/h3-11,13,28H,2,12,14H2,1H3. The van der Waals surface area contributed by atoms with Crippen LogP contribution < -0.4 is 5.43 Å². The third-order valence-corrected chi connectivity index (χ3v) is 4.91. The van der Waals surface area contributed by atoms with E-state index < -0.39 is 17.2 Å². The Bertz CT molecular complexity index is 1310. The van der Waals surface area contributed by atoms with Crippen molar-refractivity contribution in [1.82, 2.24) is 14.3 Å². The maximum Gasteiger partial charge on any atom is 0.343 e. The van der Waals surface area contributed by atoms with E-state index in [9.17, 15) is 14.0 Å². The van der Waals surface area contributed by atoms with Gasteiger partial charge in [-0.1, -0.05) is 18.2 Å². The van der Waals surface area contributed by atoms with Gasteiger partial charge in [-0.25, -0.2) is 13.9 Å². The fourth-order valence-electron chi connectivity index (χ4n) is 3.42. The van der Waals surface area contributed by atoms with Gasteiger partial charge in [0.15, 0.2) is 0 Å². The Morgan fingerprint density at radius 3 is 2.61 bits per heavy atom. The van der Waals surface area contributed by atoms with E-state index in [0.717, 1.165) is 11.3 Å². The molecular weight excluding hydrogens is 401 g/mol. The van der Waals surface area contributed by atoms with Crippen molar-refractivity contribution in [1.29, 1.82) is 0 Å². The summed E-state index contributed by atoms with van der Waals surface area (Å²) < 4.78 is 22.8. The van der Waals surface area contributed by atoms with Crippen LogP contribution >= 0.6 is 0 Å². The van der Waals surface area contributed by atoms with E-state index in [0.29, 0.717) is 17.8 Å². The Kier molecular flexibility index (Phi) is 5.64. The van der Waals surface area contributed by atoms with E-state index in [-0.39, 0.29) is 24.2 Å². The zero-order chi connectivity index (χ0) is 22.0. The first-order valence-electron chi connectivity index (χ1n) is 9.75. The van der Waals surface area contributed by atoms with Gasteiger partial charge >= 0.3 is 5.97 Å². The van der Waals surface area contributed by atoms with Crippen molar-refractivity contribution < 1.29 is 19.0 Å². The summed E-state index contributed by atoms with van der Waals surface area (Å²) in [6.07, 6.45) is 3.17. The summed E-state index contributed by atoms with van der Waals surface area (Å²) in [7, 11) is 0. The van der Waals surface area contributed by atoms with Crippen LogP contribution in [0.25, 0.3) is 16.6 Å². The van der Waals surface area contributed by atoms with Gasteiger partial charge in [-0.05, 0) is 42.8 Å². The molecule has 0 saturated carbocycles. The largest absolute Gasteiger partial charge is 0.462 e. The Balaban J connectivity index is 1.74. The molecule has 0 aliphatic rings. The van der Waals surface area contributed by atoms with Gasteiger partial charge in [0.1, 0.15) is 11.4 Å². The number of hydrogen-bond acceptors (Lipinski definition) is 5. The van der Waals surface area contributed by atoms with E-state index in [2.05, 4.69) is 5.10 Å². The SMILES string of the molecule is CCOC(=O)c1cn(Cc2ccc(-n3ccc(CO)n3)cc2)c2cccc(F)c2c1=O. The highest BCUT2D eigenvalue weighted by Gasteiger charge is 2.19. The van der Waals surface area contributed by atoms with Gasteiger partial charge in [-0.3, -0.25) is 4.79 Å². The van der Waals surface area contributed by atoms with Crippen molar-refractivity contribution in [2.45, 2.75) is 20.1 Å². The van der Waals surface area contributed by atoms with Crippen LogP contribution in [0, 0.1) is 5.82 Å². The summed E-state index contributed by atoms with van der Waals surface area (Å²) in [5.74, 6) is -1.46. The molecule has 31 heavy (non-hydrogen) atoms. The average molecular weight is 421 g/mol. The first-order chi connectivity index (χ1) is 15.0. The molecule has 0 bridgehead atoms. The second kappa shape index (κ2) is 8.53. The van der Waals surface area contributed by atoms with Gasteiger partial charge in [0.05, 0.1) is 35.5 Å². The number of aliphatic hydroxyl groups is 1. The number of carbonyl (C=O) groups is 1. The molecule has 2 heterocycles. The van der Waals surface area contributed by atoms with Crippen molar-refractivity contribution in [3.63, 3.8) is 0 Å². The van der Waals surface area contributed by atoms with E-state index in [1.54, 1.807) is 34.5 Å². The Morgan fingerprint density at radius 2 is 1.94 bits per heavy atom. The molecule has 2 aromatic carbocycles. The second-order valence-electron chi connectivity index (χ2n) is 6.93. The molecule has 0 spiro atoms. The van der Waals surface area contributed by atoms with Gasteiger partial charge in [-0.2, -0.15) is 5.10 Å². The highest BCUT2D eigenvalue weighted by atomic mass is 19.1. The fourth-order valence-corrected chi connectivity index (χ4v) is 3.42. The molecule has 0 saturated heterocycles. The van der Waals surface area contributed by atoms with Gasteiger partial charge in [0.2, 0.25) is 5.43 Å². The summed E-state index contributed by atoms with van der Waals surface area (Å²) in [5, 5.41) is 13.3. The van der Waals surface area contributed by atoms with Crippen LogP contribution in [-0.2, 0) is 17.9 Å². The zero-order valence-corrected chi connectivity index (χ0v) is 16.8. The van der Waals surface area contributed by atoms with Crippen LogP contribution in [0.2, 0.25) is 0 Å². The molecule has 4 aromatic rings. The van der Waals surface area contributed by atoms with E-state index in [4.69, 9.17) is 9.84 Å². The second-order valence-corrected chi connectivity index (χ2v) is 6.93. The minimum atomic E-state index is -0.778. The van der Waals surface area contributed by atoms with Crippen LogP contribution in [0.3, 0.4) is 0 Å². The molecular formula is C23H20FN3O4. The number of pyridine rings is 1. The number of esters is 1. The zero-order valence-electron chi connectivity index (χ0n) is 16.8. The summed E-state index contributed by atoms with van der Waals surface area (Å²) >= 11 is 0. The molecule has 7 nitrogen and oxygen atoms in total. The molecule has 8 heteroatoms. The quantitative estimate of drug-likeness (QED) is 0.484. The Hall–Kier alpha value is -3.78. The van der Waals surface area contributed by atoms with Crippen molar-refractivity contribution in [2.75, 3.05) is 6.61 Å². The van der Waals surface area contributed by atoms with Gasteiger partial charge in [0, 0.05) is 18.9 Å². The molecule has 158 valence electrons. The maximum absolute atomic E-state index is 14.5. The van der Waals surface area contributed by atoms with Crippen LogP contribution in [0.5, 0.6) is 0 Å². The maximum atomic E-state index is 14.5. The van der Waals surface area contributed by atoms with Crippen LogP contribution in [0.1, 0.15) is 28.5 Å². The molecule has 0 aliphatic carbocycles. The number of hydrogen-bond donors (Lipinski definition) is 1. The number of benzene rings is 2. The lowest BCUT2D eigenvalue weighted by Crippen LogP contribution is -2.22. The summed E-state index contributed by atoms with van der Waals surface area (Å²) in [6, 6.07) is 13.6. The van der Waals surface area contributed by atoms with Gasteiger partial charge in [0.25, 0.3) is 0 Å². The number of halogens is 1. The number of ether oxygens (including phenoxy) is 1. The Morgan fingerprint density at radius 1 is 1.16 bits per heavy atom. The van der Waals surface area contributed by atoms with Crippen molar-refractivity contribution in [3.8, 4) is 5.69 Å². The number of nitrogens with zero attached hydrogens (tertiary/aromatic N) is 3. The first kappa shape index (κ1) is 20.5. The first-order valence-corrected chi connectivity index (χ1v) is 9.75. The summed E-state index contributed by atoms with van der Waals surface area (Å²) in [5.41, 5.74) is 1.76. The minimum Gasteiger partial charge on any atom is -0.462 e. The number of carbonyl (C=O) groups excluding carboxylic acids is 1. The van der Waals surface area contributed by atoms with Crippen LogP contribution in [-0.4, -0.2) is 32.0 Å². The van der Waals surface area contributed by atoms with E-state index in [1.165, 1.54) is 18.3 Å². The third kappa shape index (κ3) is 3.97. The normalized spacial score (nSPS) is 11.1. The highest BCUT2D eigenvalue weighted by Crippen LogP contribution is 2.18. The lowest BCUT2D eigenvalue weighted by molar-refractivity contribution is 0.0524. The average Bonchev–Trinajstić information content (AvgIpc) is 3.25. The molecule has 0 atom stereocenters. The van der Waals surface area contributed by atoms with Crippen LogP contribution in [0.4, 0.5) is 4.39 Å². The van der Waals surface area contributed by atoms with E-state index in [1.807, 2.05) is 24.3 Å². The van der Waals surface area contributed by atoms with Gasteiger partial charge in [-0.15, -0.1) is 0 Å². The minimum absolute atomic E-state index is 0.112. The van der Waals surface area contributed by atoms with Crippen molar-refractivity contribution in [2.24, 2.45) is 0 Å². The molecule has 0 radical (unpaired) electrons. The molecule has 1 N–H and O–H groups in total. The molecule has 0 aliphatic heterocycles. The van der Waals surface area contributed by atoms with Crippen molar-refractivity contribution >= 4 is 16.9 Å². The summed E-state index contributed by atoms with van der Waals surface area (Å²) in [4.78, 5) is 25.0. The Labute approximate surface area is 176 Å². The highest BCUT2D eigenvalue weighted by molar-refractivity contribution is 5.94. The smallest absolute Gasteiger partial charge is 0.343 e.